The Labute approximate surface area is 168 Å². The number of anilines is 1. The van der Waals surface area contributed by atoms with Gasteiger partial charge in [-0.1, -0.05) is 60.5 Å². The van der Waals surface area contributed by atoms with Crippen molar-refractivity contribution in [1.82, 2.24) is 4.90 Å². The number of nitrogens with zero attached hydrogens (tertiary/aromatic N) is 1. The maximum atomic E-state index is 12.5. The molecule has 1 unspecified atom stereocenters. The van der Waals surface area contributed by atoms with Crippen molar-refractivity contribution in [1.29, 1.82) is 0 Å². The number of carbonyl (C=O) groups is 1. The summed E-state index contributed by atoms with van der Waals surface area (Å²) in [5, 5.41) is 12.8. The quantitative estimate of drug-likeness (QED) is 0.737. The average Bonchev–Trinajstić information content (AvgIpc) is 3.08. The summed E-state index contributed by atoms with van der Waals surface area (Å²) < 4.78 is 0. The highest BCUT2D eigenvalue weighted by Crippen LogP contribution is 2.48. The van der Waals surface area contributed by atoms with E-state index in [1.165, 1.54) is 11.1 Å². The van der Waals surface area contributed by atoms with E-state index in [9.17, 15) is 9.90 Å². The van der Waals surface area contributed by atoms with E-state index in [0.717, 1.165) is 37.2 Å². The average molecular weight is 381 g/mol. The van der Waals surface area contributed by atoms with Gasteiger partial charge in [0, 0.05) is 18.8 Å². The number of carbonyl (C=O) groups excluding carboxylic acids is 1. The minimum atomic E-state index is -0.190. The van der Waals surface area contributed by atoms with Crippen LogP contribution in [0.3, 0.4) is 0 Å². The topological polar surface area (TPSA) is 52.6 Å². The standard InChI is InChI=1S/C17H24N2O2.C7H8/c1-11-4-5-15(12(2)6-11)18-16(21)19-9-13-7-14(20)8-17(13,3)10-19;1-7-5-3-2-4-6-7/h4-6,13-14,20H,7-10H2,1-3H3,(H,18,21);2-6H,1H3/t13-,14?,17+;/m0./s1. The number of amides is 2. The molecular formula is C24H32N2O2. The monoisotopic (exact) mass is 380 g/mol. The number of fused-ring (bicyclic) bond motifs is 1. The highest BCUT2D eigenvalue weighted by atomic mass is 16.3. The van der Waals surface area contributed by atoms with Crippen LogP contribution in [0.25, 0.3) is 0 Å². The molecule has 2 aromatic carbocycles. The van der Waals surface area contributed by atoms with Gasteiger partial charge in [0.1, 0.15) is 0 Å². The fourth-order valence-corrected chi connectivity index (χ4v) is 4.49. The van der Waals surface area contributed by atoms with Crippen LogP contribution in [0.1, 0.15) is 36.5 Å². The van der Waals surface area contributed by atoms with E-state index in [0.29, 0.717) is 5.92 Å². The van der Waals surface area contributed by atoms with Gasteiger partial charge in [-0.05, 0) is 56.6 Å². The van der Waals surface area contributed by atoms with Gasteiger partial charge in [0.15, 0.2) is 0 Å². The first-order valence-corrected chi connectivity index (χ1v) is 10.1. The second kappa shape index (κ2) is 8.36. The molecule has 1 saturated carbocycles. The molecule has 1 heterocycles. The molecule has 1 aliphatic carbocycles. The summed E-state index contributed by atoms with van der Waals surface area (Å²) in [6.45, 7) is 9.83. The molecule has 3 atom stereocenters. The van der Waals surface area contributed by atoms with E-state index in [-0.39, 0.29) is 17.6 Å². The van der Waals surface area contributed by atoms with Crippen molar-refractivity contribution in [3.63, 3.8) is 0 Å². The molecule has 0 bridgehead atoms. The van der Waals surface area contributed by atoms with Gasteiger partial charge in [-0.25, -0.2) is 4.79 Å². The van der Waals surface area contributed by atoms with Crippen LogP contribution >= 0.6 is 0 Å². The summed E-state index contributed by atoms with van der Waals surface area (Å²) in [6.07, 6.45) is 1.44. The van der Waals surface area contributed by atoms with Gasteiger partial charge in [0.25, 0.3) is 0 Å². The minimum absolute atomic E-state index is 0.0212. The van der Waals surface area contributed by atoms with Gasteiger partial charge in [-0.15, -0.1) is 0 Å². The lowest BCUT2D eigenvalue weighted by molar-refractivity contribution is 0.152. The maximum absolute atomic E-state index is 12.5. The molecule has 0 radical (unpaired) electrons. The van der Waals surface area contributed by atoms with Crippen molar-refractivity contribution < 1.29 is 9.90 Å². The van der Waals surface area contributed by atoms with E-state index < -0.39 is 0 Å². The van der Waals surface area contributed by atoms with E-state index in [1.807, 2.05) is 49.1 Å². The van der Waals surface area contributed by atoms with Crippen LogP contribution in [0.15, 0.2) is 48.5 Å². The third-order valence-corrected chi connectivity index (χ3v) is 6.09. The van der Waals surface area contributed by atoms with E-state index in [1.54, 1.807) is 0 Å². The summed E-state index contributed by atoms with van der Waals surface area (Å²) in [7, 11) is 0. The number of nitrogens with one attached hydrogen (secondary N) is 1. The van der Waals surface area contributed by atoms with Gasteiger partial charge < -0.3 is 15.3 Å². The zero-order valence-corrected chi connectivity index (χ0v) is 17.4. The molecule has 1 aliphatic heterocycles. The van der Waals surface area contributed by atoms with Gasteiger partial charge >= 0.3 is 6.03 Å². The number of aliphatic hydroxyl groups excluding tert-OH is 1. The normalized spacial score (nSPS) is 25.7. The van der Waals surface area contributed by atoms with Gasteiger partial charge in [0.2, 0.25) is 0 Å². The van der Waals surface area contributed by atoms with Crippen molar-refractivity contribution in [2.24, 2.45) is 11.3 Å². The molecule has 150 valence electrons. The van der Waals surface area contributed by atoms with E-state index in [4.69, 9.17) is 0 Å². The highest BCUT2D eigenvalue weighted by Gasteiger charge is 2.50. The van der Waals surface area contributed by atoms with E-state index >= 15 is 0 Å². The Balaban J connectivity index is 0.000000271. The first-order chi connectivity index (χ1) is 13.3. The Hall–Kier alpha value is -2.33. The summed E-state index contributed by atoms with van der Waals surface area (Å²) >= 11 is 0. The van der Waals surface area contributed by atoms with Gasteiger partial charge in [-0.3, -0.25) is 0 Å². The third-order valence-electron chi connectivity index (χ3n) is 6.09. The number of aryl methyl sites for hydroxylation is 3. The van der Waals surface area contributed by atoms with Crippen molar-refractivity contribution >= 4 is 11.7 Å². The molecule has 1 saturated heterocycles. The lowest BCUT2D eigenvalue weighted by Crippen LogP contribution is -2.35. The number of benzene rings is 2. The second-order valence-electron chi connectivity index (χ2n) is 8.73. The lowest BCUT2D eigenvalue weighted by Gasteiger charge is -2.23. The molecule has 0 aromatic heterocycles. The van der Waals surface area contributed by atoms with Crippen LogP contribution in [0.2, 0.25) is 0 Å². The second-order valence-corrected chi connectivity index (χ2v) is 8.73. The highest BCUT2D eigenvalue weighted by molar-refractivity contribution is 5.90. The zero-order valence-electron chi connectivity index (χ0n) is 17.4. The number of likely N-dealkylation sites (tertiary alicyclic amines) is 1. The lowest BCUT2D eigenvalue weighted by atomic mass is 9.83. The Morgan fingerprint density at radius 1 is 1.11 bits per heavy atom. The number of hydrogen-bond acceptors (Lipinski definition) is 2. The van der Waals surface area contributed by atoms with Crippen LogP contribution in [-0.4, -0.2) is 35.2 Å². The van der Waals surface area contributed by atoms with Crippen LogP contribution in [0, 0.1) is 32.1 Å². The predicted molar refractivity (Wildman–Crippen MR) is 115 cm³/mol. The molecule has 28 heavy (non-hydrogen) atoms. The Morgan fingerprint density at radius 3 is 2.39 bits per heavy atom. The first kappa shape index (κ1) is 20.4. The Bertz CT molecular complexity index is 821. The van der Waals surface area contributed by atoms with Gasteiger partial charge in [-0.2, -0.15) is 0 Å². The summed E-state index contributed by atoms with van der Waals surface area (Å²) in [4.78, 5) is 14.4. The van der Waals surface area contributed by atoms with Crippen LogP contribution in [0.4, 0.5) is 10.5 Å². The van der Waals surface area contributed by atoms with Crippen LogP contribution < -0.4 is 5.32 Å². The van der Waals surface area contributed by atoms with Crippen molar-refractivity contribution in [3.8, 4) is 0 Å². The number of hydrogen-bond donors (Lipinski definition) is 2. The fourth-order valence-electron chi connectivity index (χ4n) is 4.49. The summed E-state index contributed by atoms with van der Waals surface area (Å²) in [5.74, 6) is 0.428. The molecule has 2 fully saturated rings. The number of rotatable bonds is 1. The van der Waals surface area contributed by atoms with E-state index in [2.05, 4.69) is 37.4 Å². The van der Waals surface area contributed by atoms with Crippen LogP contribution in [-0.2, 0) is 0 Å². The number of urea groups is 1. The molecule has 0 spiro atoms. The fraction of sp³-hybridized carbons (Fsp3) is 0.458. The van der Waals surface area contributed by atoms with Crippen molar-refractivity contribution in [3.05, 3.63) is 65.2 Å². The molecule has 2 N–H and O–H groups in total. The maximum Gasteiger partial charge on any atom is 0.321 e. The molecule has 4 rings (SSSR count). The van der Waals surface area contributed by atoms with Crippen molar-refractivity contribution in [2.45, 2.75) is 46.6 Å². The van der Waals surface area contributed by atoms with Gasteiger partial charge in [0.05, 0.1) is 6.10 Å². The summed E-state index contributed by atoms with van der Waals surface area (Å²) in [6, 6.07) is 16.3. The largest absolute Gasteiger partial charge is 0.393 e. The number of aliphatic hydroxyl groups is 1. The third kappa shape index (κ3) is 4.74. The Kier molecular flexibility index (Phi) is 6.09. The van der Waals surface area contributed by atoms with Crippen molar-refractivity contribution in [2.75, 3.05) is 18.4 Å². The smallest absolute Gasteiger partial charge is 0.321 e. The first-order valence-electron chi connectivity index (χ1n) is 10.1. The molecule has 4 nitrogen and oxygen atoms in total. The minimum Gasteiger partial charge on any atom is -0.393 e. The van der Waals surface area contributed by atoms with Crippen LogP contribution in [0.5, 0.6) is 0 Å². The molecule has 4 heteroatoms. The molecule has 2 amide bonds. The Morgan fingerprint density at radius 2 is 1.82 bits per heavy atom. The zero-order chi connectivity index (χ0) is 20.3. The summed E-state index contributed by atoms with van der Waals surface area (Å²) in [5.41, 5.74) is 4.57. The molecule has 2 aliphatic rings. The SMILES string of the molecule is Cc1ccc(NC(=O)N2C[C@@H]3CC(O)C[C@]3(C)C2)c(C)c1.Cc1ccccc1. The molecule has 2 aromatic rings. The predicted octanol–water partition coefficient (Wildman–Crippen LogP) is 4.92. The molecular weight excluding hydrogens is 348 g/mol.